The van der Waals surface area contributed by atoms with Gasteiger partial charge in [0.1, 0.15) is 9.90 Å². The van der Waals surface area contributed by atoms with E-state index in [0.29, 0.717) is 11.5 Å². The number of amides is 1. The Morgan fingerprint density at radius 3 is 2.61 bits per heavy atom. The Bertz CT molecular complexity index is 918. The number of H-pyrrole nitrogens is 1. The fraction of sp³-hybridized carbons (Fsp3) is 0.0667. The Balaban J connectivity index is 1.79. The van der Waals surface area contributed by atoms with Crippen molar-refractivity contribution in [3.63, 3.8) is 0 Å². The fourth-order valence-electron chi connectivity index (χ4n) is 1.91. The van der Waals surface area contributed by atoms with Gasteiger partial charge in [0.25, 0.3) is 11.5 Å². The zero-order valence-electron chi connectivity index (χ0n) is 12.0. The molecule has 2 aromatic heterocycles. The minimum atomic E-state index is -0.464. The number of hydrogen-bond acceptors (Lipinski definition) is 5. The van der Waals surface area contributed by atoms with Gasteiger partial charge in [0.2, 0.25) is 0 Å². The number of anilines is 1. The lowest BCUT2D eigenvalue weighted by molar-refractivity contribution is 0.103. The van der Waals surface area contributed by atoms with E-state index in [4.69, 9.17) is 11.6 Å². The number of aromatic nitrogens is 3. The number of benzene rings is 1. The second kappa shape index (κ2) is 6.31. The van der Waals surface area contributed by atoms with Crippen molar-refractivity contribution in [1.82, 2.24) is 14.3 Å². The van der Waals surface area contributed by atoms with Crippen molar-refractivity contribution < 1.29 is 4.79 Å². The van der Waals surface area contributed by atoms with Crippen molar-refractivity contribution in [3.8, 4) is 11.4 Å². The van der Waals surface area contributed by atoms with Crippen LogP contribution in [0, 0.1) is 6.92 Å². The summed E-state index contributed by atoms with van der Waals surface area (Å²) in [5, 5.41) is 2.59. The van der Waals surface area contributed by atoms with Crippen LogP contribution in [0.4, 0.5) is 5.69 Å². The highest BCUT2D eigenvalue weighted by Crippen LogP contribution is 2.20. The SMILES string of the molecule is Cc1ccnc(-c2ccc(NC(=O)c3s[nH]c(=O)c3Cl)cc2)n1. The maximum absolute atomic E-state index is 12.1. The van der Waals surface area contributed by atoms with Gasteiger partial charge in [0, 0.05) is 23.1 Å². The lowest BCUT2D eigenvalue weighted by Gasteiger charge is -2.05. The van der Waals surface area contributed by atoms with Gasteiger partial charge in [-0.3, -0.25) is 14.0 Å². The second-order valence-electron chi connectivity index (χ2n) is 4.73. The molecule has 0 unspecified atom stereocenters. The molecule has 1 amide bonds. The summed E-state index contributed by atoms with van der Waals surface area (Å²) >= 11 is 6.68. The molecule has 23 heavy (non-hydrogen) atoms. The summed E-state index contributed by atoms with van der Waals surface area (Å²) in [6.45, 7) is 1.89. The van der Waals surface area contributed by atoms with Crippen LogP contribution < -0.4 is 10.9 Å². The molecular formula is C15H11ClN4O2S. The van der Waals surface area contributed by atoms with Crippen LogP contribution in [0.3, 0.4) is 0 Å². The van der Waals surface area contributed by atoms with E-state index in [-0.39, 0.29) is 9.90 Å². The predicted octanol–water partition coefficient (Wildman–Crippen LogP) is 3.11. The van der Waals surface area contributed by atoms with Crippen molar-refractivity contribution in [2.24, 2.45) is 0 Å². The highest BCUT2D eigenvalue weighted by Gasteiger charge is 2.16. The number of halogens is 1. The maximum Gasteiger partial charge on any atom is 0.277 e. The van der Waals surface area contributed by atoms with Gasteiger partial charge in [0.05, 0.1) is 0 Å². The molecule has 0 aliphatic heterocycles. The average Bonchev–Trinajstić information content (AvgIpc) is 2.88. The first-order valence-electron chi connectivity index (χ1n) is 6.63. The Hall–Kier alpha value is -2.51. The summed E-state index contributed by atoms with van der Waals surface area (Å²) in [7, 11) is 0. The van der Waals surface area contributed by atoms with Crippen LogP contribution in [0.1, 0.15) is 15.4 Å². The van der Waals surface area contributed by atoms with Crippen LogP contribution in [-0.2, 0) is 0 Å². The highest BCUT2D eigenvalue weighted by molar-refractivity contribution is 7.08. The van der Waals surface area contributed by atoms with Crippen LogP contribution in [0.15, 0.2) is 41.3 Å². The van der Waals surface area contributed by atoms with Gasteiger partial charge in [-0.05, 0) is 37.3 Å². The van der Waals surface area contributed by atoms with E-state index in [9.17, 15) is 9.59 Å². The zero-order valence-corrected chi connectivity index (χ0v) is 13.5. The third-order valence-corrected chi connectivity index (χ3v) is 4.40. The summed E-state index contributed by atoms with van der Waals surface area (Å²) in [6, 6.07) is 8.92. The monoisotopic (exact) mass is 346 g/mol. The van der Waals surface area contributed by atoms with Gasteiger partial charge >= 0.3 is 0 Å². The topological polar surface area (TPSA) is 87.7 Å². The van der Waals surface area contributed by atoms with E-state index < -0.39 is 11.5 Å². The Morgan fingerprint density at radius 2 is 2.00 bits per heavy atom. The molecule has 8 heteroatoms. The van der Waals surface area contributed by atoms with Gasteiger partial charge in [0.15, 0.2) is 5.82 Å². The maximum atomic E-state index is 12.1. The van der Waals surface area contributed by atoms with Crippen LogP contribution in [0.5, 0.6) is 0 Å². The second-order valence-corrected chi connectivity index (χ2v) is 5.92. The van der Waals surface area contributed by atoms with Gasteiger partial charge in [-0.25, -0.2) is 9.97 Å². The average molecular weight is 347 g/mol. The number of aryl methyl sites for hydroxylation is 1. The lowest BCUT2D eigenvalue weighted by atomic mass is 10.2. The first-order valence-corrected chi connectivity index (χ1v) is 7.82. The van der Waals surface area contributed by atoms with Crippen molar-refractivity contribution >= 4 is 34.7 Å². The number of aromatic amines is 1. The standard InChI is InChI=1S/C15H11ClN4O2S/c1-8-6-7-17-13(18-8)9-2-4-10(5-3-9)19-15(22)12-11(16)14(21)20-23-12/h2-7H,1H3,(H,19,22)(H,20,21). The smallest absolute Gasteiger partial charge is 0.277 e. The quantitative estimate of drug-likeness (QED) is 0.762. The van der Waals surface area contributed by atoms with Crippen LogP contribution in [0.2, 0.25) is 5.02 Å². The molecule has 0 radical (unpaired) electrons. The van der Waals surface area contributed by atoms with Crippen molar-refractivity contribution in [2.45, 2.75) is 6.92 Å². The summed E-state index contributed by atoms with van der Waals surface area (Å²) in [5.74, 6) is 0.188. The molecule has 0 saturated heterocycles. The van der Waals surface area contributed by atoms with Crippen LogP contribution >= 0.6 is 23.1 Å². The molecule has 116 valence electrons. The first kappa shape index (κ1) is 15.4. The Labute approximate surface area is 140 Å². The number of nitrogens with one attached hydrogen (secondary N) is 2. The number of carbonyl (C=O) groups excluding carboxylic acids is 1. The molecule has 2 heterocycles. The molecule has 0 aliphatic carbocycles. The molecule has 0 fully saturated rings. The van der Waals surface area contributed by atoms with E-state index in [1.54, 1.807) is 18.3 Å². The Morgan fingerprint density at radius 1 is 1.26 bits per heavy atom. The number of hydrogen-bond donors (Lipinski definition) is 2. The largest absolute Gasteiger partial charge is 0.321 e. The van der Waals surface area contributed by atoms with Gasteiger partial charge in [-0.1, -0.05) is 23.1 Å². The summed E-state index contributed by atoms with van der Waals surface area (Å²) in [6.07, 6.45) is 1.70. The minimum Gasteiger partial charge on any atom is -0.321 e. The van der Waals surface area contributed by atoms with Crippen molar-refractivity contribution in [2.75, 3.05) is 5.32 Å². The molecule has 6 nitrogen and oxygen atoms in total. The predicted molar refractivity (Wildman–Crippen MR) is 90.1 cm³/mol. The number of carbonyl (C=O) groups is 1. The lowest BCUT2D eigenvalue weighted by Crippen LogP contribution is -2.11. The van der Waals surface area contributed by atoms with Crippen LogP contribution in [0.25, 0.3) is 11.4 Å². The molecule has 0 bridgehead atoms. The molecular weight excluding hydrogens is 336 g/mol. The fourth-order valence-corrected chi connectivity index (χ4v) is 2.84. The minimum absolute atomic E-state index is 0.0997. The van der Waals surface area contributed by atoms with E-state index in [1.807, 2.05) is 25.1 Å². The summed E-state index contributed by atoms with van der Waals surface area (Å²) < 4.78 is 2.42. The molecule has 3 aromatic rings. The van der Waals surface area contributed by atoms with Crippen molar-refractivity contribution in [3.05, 3.63) is 62.5 Å². The molecule has 2 N–H and O–H groups in total. The summed E-state index contributed by atoms with van der Waals surface area (Å²) in [4.78, 5) is 32.0. The van der Waals surface area contributed by atoms with E-state index in [2.05, 4.69) is 19.7 Å². The third kappa shape index (κ3) is 3.30. The zero-order chi connectivity index (χ0) is 16.4. The van der Waals surface area contributed by atoms with Crippen molar-refractivity contribution in [1.29, 1.82) is 0 Å². The van der Waals surface area contributed by atoms with Gasteiger partial charge in [-0.15, -0.1) is 0 Å². The highest BCUT2D eigenvalue weighted by atomic mass is 35.5. The van der Waals surface area contributed by atoms with E-state index in [1.165, 1.54) is 0 Å². The first-order chi connectivity index (χ1) is 11.0. The normalized spacial score (nSPS) is 10.5. The molecule has 3 rings (SSSR count). The molecule has 0 aliphatic rings. The van der Waals surface area contributed by atoms with E-state index >= 15 is 0 Å². The van der Waals surface area contributed by atoms with Gasteiger partial charge < -0.3 is 5.32 Å². The Kier molecular flexibility index (Phi) is 4.22. The molecule has 0 atom stereocenters. The summed E-state index contributed by atoms with van der Waals surface area (Å²) in [5.41, 5.74) is 1.84. The third-order valence-electron chi connectivity index (χ3n) is 3.05. The van der Waals surface area contributed by atoms with Crippen LogP contribution in [-0.4, -0.2) is 20.2 Å². The molecule has 0 spiro atoms. The number of rotatable bonds is 3. The van der Waals surface area contributed by atoms with E-state index in [0.717, 1.165) is 22.8 Å². The van der Waals surface area contributed by atoms with Gasteiger partial charge in [-0.2, -0.15) is 0 Å². The number of nitrogens with zero attached hydrogens (tertiary/aromatic N) is 2. The molecule has 0 saturated carbocycles. The molecule has 1 aromatic carbocycles.